The number of thiazole rings is 1. The highest BCUT2D eigenvalue weighted by molar-refractivity contribution is 7.22. The van der Waals surface area contributed by atoms with Gasteiger partial charge in [0.25, 0.3) is 5.91 Å². The number of para-hydroxylation sites is 1. The van der Waals surface area contributed by atoms with Crippen LogP contribution in [0.1, 0.15) is 19.4 Å². The van der Waals surface area contributed by atoms with Crippen molar-refractivity contribution >= 4 is 44.2 Å². The van der Waals surface area contributed by atoms with Crippen LogP contribution in [0.15, 0.2) is 42.5 Å². The van der Waals surface area contributed by atoms with E-state index in [-0.39, 0.29) is 5.91 Å². The fourth-order valence-corrected chi connectivity index (χ4v) is 4.75. The Morgan fingerprint density at radius 2 is 1.79 bits per heavy atom. The van der Waals surface area contributed by atoms with Crippen LogP contribution in [0.3, 0.4) is 0 Å². The number of hydrogen-bond acceptors (Lipinski definition) is 5. The van der Waals surface area contributed by atoms with E-state index in [1.165, 1.54) is 10.3 Å². The van der Waals surface area contributed by atoms with Gasteiger partial charge in [0.2, 0.25) is 0 Å². The third kappa shape index (κ3) is 4.19. The quantitative estimate of drug-likeness (QED) is 0.599. The van der Waals surface area contributed by atoms with Gasteiger partial charge in [-0.15, -0.1) is 0 Å². The van der Waals surface area contributed by atoms with E-state index in [0.717, 1.165) is 23.7 Å². The number of carbonyl (C=O) groups is 1. The Morgan fingerprint density at radius 3 is 2.45 bits per heavy atom. The fourth-order valence-electron chi connectivity index (χ4n) is 3.53. The van der Waals surface area contributed by atoms with Crippen molar-refractivity contribution in [1.82, 2.24) is 9.88 Å². The molecule has 0 bridgehead atoms. The summed E-state index contributed by atoms with van der Waals surface area (Å²) >= 11 is 7.64. The minimum atomic E-state index is -0.941. The van der Waals surface area contributed by atoms with E-state index in [4.69, 9.17) is 21.3 Å². The number of fused-ring (bicyclic) bond motifs is 1. The molecule has 0 unspecified atom stereocenters. The summed E-state index contributed by atoms with van der Waals surface area (Å²) in [5.74, 6) is 0.628. The number of aryl methyl sites for hydroxylation is 1. The summed E-state index contributed by atoms with van der Waals surface area (Å²) in [7, 11) is 0. The molecule has 1 amide bonds. The first kappa shape index (κ1) is 20.0. The molecule has 0 spiro atoms. The molecule has 152 valence electrons. The second-order valence-corrected chi connectivity index (χ2v) is 9.21. The lowest BCUT2D eigenvalue weighted by Gasteiger charge is -2.38. The zero-order chi connectivity index (χ0) is 20.6. The van der Waals surface area contributed by atoms with Gasteiger partial charge in [0.05, 0.1) is 10.2 Å². The Bertz CT molecular complexity index is 1020. The molecule has 2 heterocycles. The number of benzene rings is 2. The molecule has 7 heteroatoms. The van der Waals surface area contributed by atoms with E-state index < -0.39 is 5.60 Å². The Balaban J connectivity index is 1.40. The Labute approximate surface area is 179 Å². The number of aromatic nitrogens is 1. The zero-order valence-electron chi connectivity index (χ0n) is 16.8. The van der Waals surface area contributed by atoms with Crippen molar-refractivity contribution in [2.24, 2.45) is 0 Å². The van der Waals surface area contributed by atoms with Crippen LogP contribution in [-0.4, -0.2) is 47.6 Å². The van der Waals surface area contributed by atoms with Gasteiger partial charge in [0.15, 0.2) is 10.7 Å². The summed E-state index contributed by atoms with van der Waals surface area (Å²) < 4.78 is 7.17. The molecular weight excluding hydrogens is 406 g/mol. The highest BCUT2D eigenvalue weighted by atomic mass is 35.5. The van der Waals surface area contributed by atoms with Crippen LogP contribution in [0.5, 0.6) is 5.75 Å². The second-order valence-electron chi connectivity index (χ2n) is 7.76. The summed E-state index contributed by atoms with van der Waals surface area (Å²) in [6.07, 6.45) is 0. The zero-order valence-corrected chi connectivity index (χ0v) is 18.4. The van der Waals surface area contributed by atoms with Crippen LogP contribution < -0.4 is 9.64 Å². The predicted molar refractivity (Wildman–Crippen MR) is 119 cm³/mol. The summed E-state index contributed by atoms with van der Waals surface area (Å²) in [5, 5.41) is 1.67. The molecule has 0 N–H and O–H groups in total. The molecule has 3 aromatic rings. The smallest absolute Gasteiger partial charge is 0.266 e. The maximum atomic E-state index is 13.1. The third-order valence-corrected chi connectivity index (χ3v) is 6.48. The molecule has 1 aliphatic heterocycles. The van der Waals surface area contributed by atoms with E-state index in [9.17, 15) is 4.79 Å². The molecule has 0 saturated carbocycles. The number of halogens is 1. The van der Waals surface area contributed by atoms with Gasteiger partial charge in [0, 0.05) is 31.2 Å². The molecule has 4 rings (SSSR count). The first-order valence-corrected chi connectivity index (χ1v) is 10.9. The van der Waals surface area contributed by atoms with Crippen molar-refractivity contribution in [2.45, 2.75) is 26.4 Å². The van der Waals surface area contributed by atoms with Crippen LogP contribution in [0.4, 0.5) is 5.13 Å². The summed E-state index contributed by atoms with van der Waals surface area (Å²) in [6, 6.07) is 13.4. The van der Waals surface area contributed by atoms with Gasteiger partial charge in [-0.05, 0) is 56.7 Å². The number of rotatable bonds is 4. The lowest BCUT2D eigenvalue weighted by Crippen LogP contribution is -2.55. The Morgan fingerprint density at radius 1 is 1.10 bits per heavy atom. The minimum absolute atomic E-state index is 0.00718. The van der Waals surface area contributed by atoms with E-state index in [1.54, 1.807) is 35.6 Å². The minimum Gasteiger partial charge on any atom is -0.478 e. The Kier molecular flexibility index (Phi) is 5.40. The molecule has 0 aliphatic carbocycles. The molecule has 5 nitrogen and oxygen atoms in total. The van der Waals surface area contributed by atoms with Crippen LogP contribution in [0.25, 0.3) is 10.2 Å². The maximum Gasteiger partial charge on any atom is 0.266 e. The number of carbonyl (C=O) groups excluding carboxylic acids is 1. The van der Waals surface area contributed by atoms with Gasteiger partial charge in [0.1, 0.15) is 5.75 Å². The van der Waals surface area contributed by atoms with E-state index in [1.807, 2.05) is 18.7 Å². The van der Waals surface area contributed by atoms with Crippen molar-refractivity contribution in [3.8, 4) is 5.75 Å². The first-order chi connectivity index (χ1) is 13.8. The largest absolute Gasteiger partial charge is 0.478 e. The van der Waals surface area contributed by atoms with E-state index >= 15 is 0 Å². The molecule has 1 aliphatic rings. The average Bonchev–Trinajstić information content (AvgIpc) is 3.15. The molecular formula is C22H24ClN3O2S. The second kappa shape index (κ2) is 7.84. The highest BCUT2D eigenvalue weighted by Gasteiger charge is 2.36. The summed E-state index contributed by atoms with van der Waals surface area (Å²) in [4.78, 5) is 22.0. The number of nitrogens with zero attached hydrogens (tertiary/aromatic N) is 3. The van der Waals surface area contributed by atoms with Gasteiger partial charge in [-0.1, -0.05) is 35.1 Å². The van der Waals surface area contributed by atoms with Gasteiger partial charge in [-0.2, -0.15) is 0 Å². The van der Waals surface area contributed by atoms with Gasteiger partial charge in [-0.3, -0.25) is 4.79 Å². The van der Waals surface area contributed by atoms with E-state index in [0.29, 0.717) is 23.9 Å². The normalized spacial score (nSPS) is 15.0. The van der Waals surface area contributed by atoms with Crippen molar-refractivity contribution in [1.29, 1.82) is 0 Å². The SMILES string of the molecule is Cc1cccc2sc(N3CCN(C(=O)C(C)(C)Oc4ccc(Cl)cc4)CC3)nc12. The predicted octanol–water partition coefficient (Wildman–Crippen LogP) is 4.76. The number of piperazine rings is 1. The summed E-state index contributed by atoms with van der Waals surface area (Å²) in [6.45, 7) is 8.55. The van der Waals surface area contributed by atoms with Gasteiger partial charge >= 0.3 is 0 Å². The monoisotopic (exact) mass is 429 g/mol. The maximum absolute atomic E-state index is 13.1. The van der Waals surface area contributed by atoms with Crippen LogP contribution in [0, 0.1) is 6.92 Å². The molecule has 0 atom stereocenters. The molecule has 1 aromatic heterocycles. The highest BCUT2D eigenvalue weighted by Crippen LogP contribution is 2.31. The van der Waals surface area contributed by atoms with Crippen LogP contribution in [0.2, 0.25) is 5.02 Å². The molecule has 0 radical (unpaired) electrons. The molecule has 2 aromatic carbocycles. The third-order valence-electron chi connectivity index (χ3n) is 5.15. The summed E-state index contributed by atoms with van der Waals surface area (Å²) in [5.41, 5.74) is 1.33. The molecule has 1 saturated heterocycles. The van der Waals surface area contributed by atoms with Crippen molar-refractivity contribution < 1.29 is 9.53 Å². The van der Waals surface area contributed by atoms with Crippen molar-refractivity contribution in [3.63, 3.8) is 0 Å². The van der Waals surface area contributed by atoms with Crippen molar-refractivity contribution in [3.05, 3.63) is 53.1 Å². The molecule has 1 fully saturated rings. The number of ether oxygens (including phenoxy) is 1. The standard InChI is InChI=1S/C22H24ClN3O2S/c1-15-5-4-6-18-19(15)24-21(29-18)26-13-11-25(12-14-26)20(27)22(2,3)28-17-9-7-16(23)8-10-17/h4-10H,11-14H2,1-3H3. The van der Waals surface area contributed by atoms with Crippen LogP contribution >= 0.6 is 22.9 Å². The number of hydrogen-bond donors (Lipinski definition) is 0. The lowest BCUT2D eigenvalue weighted by atomic mass is 10.1. The number of amides is 1. The van der Waals surface area contributed by atoms with Crippen LogP contribution in [-0.2, 0) is 4.79 Å². The topological polar surface area (TPSA) is 45.7 Å². The van der Waals surface area contributed by atoms with Crippen molar-refractivity contribution in [2.75, 3.05) is 31.1 Å². The average molecular weight is 430 g/mol. The first-order valence-electron chi connectivity index (χ1n) is 9.68. The number of anilines is 1. The van der Waals surface area contributed by atoms with E-state index in [2.05, 4.69) is 30.0 Å². The fraction of sp³-hybridized carbons (Fsp3) is 0.364. The molecule has 29 heavy (non-hydrogen) atoms. The van der Waals surface area contributed by atoms with Gasteiger partial charge in [-0.25, -0.2) is 4.98 Å². The Hall–Kier alpha value is -2.31. The lowest BCUT2D eigenvalue weighted by molar-refractivity contribution is -0.145. The van der Waals surface area contributed by atoms with Gasteiger partial charge < -0.3 is 14.5 Å².